The molecule has 0 bridgehead atoms. The Morgan fingerprint density at radius 1 is 1.38 bits per heavy atom. The van der Waals surface area contributed by atoms with E-state index >= 15 is 0 Å². The lowest BCUT2D eigenvalue weighted by Gasteiger charge is -2.39. The first kappa shape index (κ1) is 14.6. The van der Waals surface area contributed by atoms with Crippen LogP contribution in [-0.4, -0.2) is 46.8 Å². The van der Waals surface area contributed by atoms with Gasteiger partial charge in [-0.3, -0.25) is 9.48 Å². The number of likely N-dealkylation sites (tertiary alicyclic amines) is 1. The second-order valence-corrected chi connectivity index (χ2v) is 6.78. The van der Waals surface area contributed by atoms with Crippen molar-refractivity contribution in [2.75, 3.05) is 26.2 Å². The van der Waals surface area contributed by atoms with E-state index in [4.69, 9.17) is 0 Å². The van der Waals surface area contributed by atoms with E-state index in [1.807, 2.05) is 16.9 Å². The molecule has 21 heavy (non-hydrogen) atoms. The van der Waals surface area contributed by atoms with E-state index in [1.54, 1.807) is 6.20 Å². The third kappa shape index (κ3) is 2.59. The quantitative estimate of drug-likeness (QED) is 0.917. The van der Waals surface area contributed by atoms with Crippen molar-refractivity contribution in [2.45, 2.75) is 38.6 Å². The molecule has 1 unspecified atom stereocenters. The fraction of sp³-hybridized carbons (Fsp3) is 0.750. The van der Waals surface area contributed by atoms with Gasteiger partial charge in [0.15, 0.2) is 0 Å². The molecular formula is C16H26N4O. The lowest BCUT2D eigenvalue weighted by atomic mass is 9.86. The van der Waals surface area contributed by atoms with Crippen molar-refractivity contribution in [3.63, 3.8) is 0 Å². The number of nitrogens with one attached hydrogen (secondary N) is 1. The van der Waals surface area contributed by atoms with Gasteiger partial charge in [0.1, 0.15) is 5.54 Å². The van der Waals surface area contributed by atoms with Crippen molar-refractivity contribution in [1.82, 2.24) is 20.0 Å². The molecule has 0 aromatic carbocycles. The Labute approximate surface area is 126 Å². The molecule has 1 amide bonds. The van der Waals surface area contributed by atoms with Crippen LogP contribution >= 0.6 is 0 Å². The first-order valence-corrected chi connectivity index (χ1v) is 8.14. The minimum absolute atomic E-state index is 0.274. The highest BCUT2D eigenvalue weighted by molar-refractivity contribution is 5.85. The molecule has 1 aromatic heterocycles. The molecule has 3 heterocycles. The highest BCUT2D eigenvalue weighted by Gasteiger charge is 2.45. The van der Waals surface area contributed by atoms with Gasteiger partial charge < -0.3 is 10.2 Å². The van der Waals surface area contributed by atoms with Crippen molar-refractivity contribution in [1.29, 1.82) is 0 Å². The predicted molar refractivity (Wildman–Crippen MR) is 81.8 cm³/mol. The van der Waals surface area contributed by atoms with Crippen LogP contribution in [0.5, 0.6) is 0 Å². The molecule has 3 rings (SSSR count). The van der Waals surface area contributed by atoms with Gasteiger partial charge in [0.2, 0.25) is 0 Å². The number of rotatable bonds is 3. The first-order valence-electron chi connectivity index (χ1n) is 8.14. The van der Waals surface area contributed by atoms with Crippen LogP contribution in [0.1, 0.15) is 33.1 Å². The minimum atomic E-state index is -0.472. The Hall–Kier alpha value is -1.36. The van der Waals surface area contributed by atoms with Crippen LogP contribution in [0.25, 0.3) is 0 Å². The summed E-state index contributed by atoms with van der Waals surface area (Å²) in [6, 6.07) is 1.91. The molecule has 5 heteroatoms. The largest absolute Gasteiger partial charge is 0.340 e. The smallest absolute Gasteiger partial charge is 0.250 e. The Bertz CT molecular complexity index is 476. The van der Waals surface area contributed by atoms with Gasteiger partial charge in [-0.25, -0.2) is 0 Å². The topological polar surface area (TPSA) is 50.2 Å². The molecule has 116 valence electrons. The molecule has 1 aromatic rings. The summed E-state index contributed by atoms with van der Waals surface area (Å²) in [4.78, 5) is 15.3. The van der Waals surface area contributed by atoms with E-state index < -0.39 is 5.54 Å². The third-order valence-electron chi connectivity index (χ3n) is 5.23. The van der Waals surface area contributed by atoms with E-state index in [0.29, 0.717) is 11.8 Å². The van der Waals surface area contributed by atoms with E-state index in [2.05, 4.69) is 29.2 Å². The van der Waals surface area contributed by atoms with Crippen LogP contribution in [-0.2, 0) is 10.3 Å². The minimum Gasteiger partial charge on any atom is -0.340 e. The highest BCUT2D eigenvalue weighted by atomic mass is 16.2. The van der Waals surface area contributed by atoms with Gasteiger partial charge in [0, 0.05) is 25.5 Å². The zero-order chi connectivity index (χ0) is 14.9. The van der Waals surface area contributed by atoms with Crippen LogP contribution in [0.15, 0.2) is 18.5 Å². The number of hydrogen-bond acceptors (Lipinski definition) is 3. The Morgan fingerprint density at radius 2 is 2.14 bits per heavy atom. The summed E-state index contributed by atoms with van der Waals surface area (Å²) in [6.45, 7) is 8.09. The van der Waals surface area contributed by atoms with E-state index in [0.717, 1.165) is 45.4 Å². The SMILES string of the molecule is CC(C)C1CCN(C(=O)C2(n3cccn3)CCNCC2)C1. The van der Waals surface area contributed by atoms with E-state index in [1.165, 1.54) is 0 Å². The van der Waals surface area contributed by atoms with Crippen LogP contribution in [0.4, 0.5) is 0 Å². The van der Waals surface area contributed by atoms with Crippen molar-refractivity contribution in [2.24, 2.45) is 11.8 Å². The molecule has 0 aliphatic carbocycles. The second kappa shape index (κ2) is 5.79. The van der Waals surface area contributed by atoms with Gasteiger partial charge >= 0.3 is 0 Å². The monoisotopic (exact) mass is 290 g/mol. The maximum atomic E-state index is 13.2. The summed E-state index contributed by atoms with van der Waals surface area (Å²) in [6.07, 6.45) is 6.51. The maximum absolute atomic E-state index is 13.2. The molecule has 2 aliphatic rings. The van der Waals surface area contributed by atoms with Gasteiger partial charge in [-0.15, -0.1) is 0 Å². The summed E-state index contributed by atoms with van der Waals surface area (Å²) in [5, 5.41) is 7.76. The zero-order valence-electron chi connectivity index (χ0n) is 13.1. The van der Waals surface area contributed by atoms with Gasteiger partial charge in [0.25, 0.3) is 5.91 Å². The maximum Gasteiger partial charge on any atom is 0.250 e. The lowest BCUT2D eigenvalue weighted by Crippen LogP contribution is -2.55. The summed E-state index contributed by atoms with van der Waals surface area (Å²) in [7, 11) is 0. The fourth-order valence-corrected chi connectivity index (χ4v) is 3.71. The van der Waals surface area contributed by atoms with Crippen LogP contribution < -0.4 is 5.32 Å². The average Bonchev–Trinajstić information content (AvgIpc) is 3.18. The Kier molecular flexibility index (Phi) is 4.02. The van der Waals surface area contributed by atoms with Crippen LogP contribution in [0, 0.1) is 11.8 Å². The summed E-state index contributed by atoms with van der Waals surface area (Å²) in [5.74, 6) is 1.57. The number of piperidine rings is 1. The van der Waals surface area contributed by atoms with Crippen LogP contribution in [0.3, 0.4) is 0 Å². The third-order valence-corrected chi connectivity index (χ3v) is 5.23. The Morgan fingerprint density at radius 3 is 2.71 bits per heavy atom. The number of aromatic nitrogens is 2. The molecule has 2 fully saturated rings. The molecule has 1 N–H and O–H groups in total. The molecule has 0 spiro atoms. The standard InChI is InChI=1S/C16H26N4O/c1-13(2)14-4-11-19(12-14)15(21)16(5-8-17-9-6-16)20-10-3-7-18-20/h3,7,10,13-14,17H,4-6,8-9,11-12H2,1-2H3. The first-order chi connectivity index (χ1) is 10.1. The molecule has 0 radical (unpaired) electrons. The van der Waals surface area contributed by atoms with Crippen molar-refractivity contribution in [3.05, 3.63) is 18.5 Å². The Balaban J connectivity index is 1.82. The molecule has 5 nitrogen and oxygen atoms in total. The van der Waals surface area contributed by atoms with E-state index in [-0.39, 0.29) is 5.91 Å². The number of amides is 1. The van der Waals surface area contributed by atoms with Crippen molar-refractivity contribution >= 4 is 5.91 Å². The molecule has 2 saturated heterocycles. The zero-order valence-corrected chi connectivity index (χ0v) is 13.1. The average molecular weight is 290 g/mol. The van der Waals surface area contributed by atoms with Crippen LogP contribution in [0.2, 0.25) is 0 Å². The van der Waals surface area contributed by atoms with Gasteiger partial charge in [-0.2, -0.15) is 5.10 Å². The number of carbonyl (C=O) groups excluding carboxylic acids is 1. The summed E-state index contributed by atoms with van der Waals surface area (Å²) >= 11 is 0. The second-order valence-electron chi connectivity index (χ2n) is 6.78. The van der Waals surface area contributed by atoms with Crippen molar-refractivity contribution < 1.29 is 4.79 Å². The number of hydrogen-bond donors (Lipinski definition) is 1. The number of nitrogens with zero attached hydrogens (tertiary/aromatic N) is 3. The van der Waals surface area contributed by atoms with Gasteiger partial charge in [0.05, 0.1) is 0 Å². The molecular weight excluding hydrogens is 264 g/mol. The highest BCUT2D eigenvalue weighted by Crippen LogP contribution is 2.33. The van der Waals surface area contributed by atoms with Crippen molar-refractivity contribution in [3.8, 4) is 0 Å². The molecule has 2 aliphatic heterocycles. The summed E-state index contributed by atoms with van der Waals surface area (Å²) in [5.41, 5.74) is -0.472. The number of carbonyl (C=O) groups is 1. The normalized spacial score (nSPS) is 25.5. The lowest BCUT2D eigenvalue weighted by molar-refractivity contribution is -0.142. The van der Waals surface area contributed by atoms with Gasteiger partial charge in [-0.1, -0.05) is 13.8 Å². The molecule has 0 saturated carbocycles. The molecule has 1 atom stereocenters. The fourth-order valence-electron chi connectivity index (χ4n) is 3.71. The van der Waals surface area contributed by atoms with Gasteiger partial charge in [-0.05, 0) is 50.3 Å². The summed E-state index contributed by atoms with van der Waals surface area (Å²) < 4.78 is 1.90. The van der Waals surface area contributed by atoms with E-state index in [9.17, 15) is 4.79 Å². The predicted octanol–water partition coefficient (Wildman–Crippen LogP) is 1.47.